The molecule has 3 amide bonds. The molecule has 0 heterocycles. The first-order valence-electron chi connectivity index (χ1n) is 10.3. The van der Waals surface area contributed by atoms with E-state index < -0.39 is 54.0 Å². The molecule has 0 spiro atoms. The molecule has 0 radical (unpaired) electrons. The van der Waals surface area contributed by atoms with E-state index in [1.807, 2.05) is 13.8 Å². The van der Waals surface area contributed by atoms with E-state index >= 15 is 0 Å². The summed E-state index contributed by atoms with van der Waals surface area (Å²) in [6.07, 6.45) is 0.776. The molecule has 0 aromatic heterocycles. The van der Waals surface area contributed by atoms with Crippen LogP contribution in [0.5, 0.6) is 0 Å². The molecule has 180 valence electrons. The van der Waals surface area contributed by atoms with Gasteiger partial charge < -0.3 is 37.6 Å². The Labute approximate surface area is 188 Å². The van der Waals surface area contributed by atoms with Crippen molar-refractivity contribution in [3.05, 3.63) is 0 Å². The number of amides is 3. The molecule has 0 aromatic rings. The predicted molar refractivity (Wildman–Crippen MR) is 119 cm³/mol. The Morgan fingerprint density at radius 1 is 0.935 bits per heavy atom. The number of carboxylic acids is 1. The van der Waals surface area contributed by atoms with Gasteiger partial charge in [-0.2, -0.15) is 12.6 Å². The van der Waals surface area contributed by atoms with E-state index in [4.69, 9.17) is 16.6 Å². The van der Waals surface area contributed by atoms with Gasteiger partial charge in [-0.15, -0.1) is 0 Å². The molecule has 0 aromatic carbocycles. The first kappa shape index (κ1) is 29.1. The van der Waals surface area contributed by atoms with E-state index in [0.29, 0.717) is 19.4 Å². The largest absolute Gasteiger partial charge is 0.480 e. The number of unbranched alkanes of at least 4 members (excludes halogenated alkanes) is 1. The third kappa shape index (κ3) is 11.3. The molecule has 0 saturated carbocycles. The lowest BCUT2D eigenvalue weighted by molar-refractivity contribution is -0.142. The van der Waals surface area contributed by atoms with Crippen LogP contribution < -0.4 is 27.4 Å². The van der Waals surface area contributed by atoms with Crippen molar-refractivity contribution in [2.45, 2.75) is 76.7 Å². The fourth-order valence-electron chi connectivity index (χ4n) is 2.73. The van der Waals surface area contributed by atoms with Gasteiger partial charge in [-0.05, 0) is 38.6 Å². The number of hydrogen-bond donors (Lipinski definition) is 8. The summed E-state index contributed by atoms with van der Waals surface area (Å²) in [5, 5.41) is 26.2. The first-order chi connectivity index (χ1) is 14.4. The van der Waals surface area contributed by atoms with Crippen molar-refractivity contribution < 1.29 is 29.4 Å². The minimum absolute atomic E-state index is 0.0314. The molecule has 31 heavy (non-hydrogen) atoms. The van der Waals surface area contributed by atoms with Crippen molar-refractivity contribution in [1.82, 2.24) is 16.0 Å². The zero-order valence-electron chi connectivity index (χ0n) is 18.3. The second-order valence-corrected chi connectivity index (χ2v) is 8.26. The molecule has 0 aliphatic rings. The molecule has 0 bridgehead atoms. The number of rotatable bonds is 15. The Kier molecular flexibility index (Phi) is 14.1. The van der Waals surface area contributed by atoms with Gasteiger partial charge in [0.1, 0.15) is 18.1 Å². The molecule has 0 aliphatic carbocycles. The third-order valence-electron chi connectivity index (χ3n) is 4.51. The summed E-state index contributed by atoms with van der Waals surface area (Å²) in [5.74, 6) is -3.50. The number of thiol groups is 1. The van der Waals surface area contributed by atoms with Crippen molar-refractivity contribution in [2.24, 2.45) is 17.4 Å². The second kappa shape index (κ2) is 15.0. The lowest BCUT2D eigenvalue weighted by atomic mass is 10.0. The van der Waals surface area contributed by atoms with Crippen molar-refractivity contribution in [1.29, 1.82) is 0 Å². The van der Waals surface area contributed by atoms with Crippen LogP contribution in [0, 0.1) is 5.92 Å². The van der Waals surface area contributed by atoms with E-state index in [1.165, 1.54) is 6.92 Å². The van der Waals surface area contributed by atoms with Gasteiger partial charge in [0.25, 0.3) is 0 Å². The number of aliphatic hydroxyl groups excluding tert-OH is 1. The van der Waals surface area contributed by atoms with Gasteiger partial charge in [0.2, 0.25) is 17.7 Å². The fraction of sp³-hybridized carbons (Fsp3) is 0.789. The minimum Gasteiger partial charge on any atom is -0.480 e. The van der Waals surface area contributed by atoms with Gasteiger partial charge in [-0.25, -0.2) is 4.79 Å². The lowest BCUT2D eigenvalue weighted by Crippen LogP contribution is -2.60. The van der Waals surface area contributed by atoms with Gasteiger partial charge in [0.05, 0.1) is 12.1 Å². The Hall–Kier alpha value is -1.89. The number of aliphatic carboxylic acids is 1. The van der Waals surface area contributed by atoms with E-state index in [-0.39, 0.29) is 18.1 Å². The van der Waals surface area contributed by atoms with Gasteiger partial charge in [-0.3, -0.25) is 14.4 Å². The number of hydrogen-bond acceptors (Lipinski definition) is 8. The highest BCUT2D eigenvalue weighted by atomic mass is 32.1. The SMILES string of the molecule is CC(C)CC(NC(=O)C(N)CCCCN)C(=O)NC(C(=O)NC(CS)C(=O)O)C(C)O. The molecule has 9 N–H and O–H groups in total. The minimum atomic E-state index is -1.42. The lowest BCUT2D eigenvalue weighted by Gasteiger charge is -2.27. The molecule has 5 atom stereocenters. The first-order valence-corrected chi connectivity index (χ1v) is 11.0. The van der Waals surface area contributed by atoms with Gasteiger partial charge in [0.15, 0.2) is 0 Å². The zero-order chi connectivity index (χ0) is 24.1. The highest BCUT2D eigenvalue weighted by Crippen LogP contribution is 2.08. The quantitative estimate of drug-likeness (QED) is 0.104. The number of aliphatic hydroxyl groups is 1. The summed E-state index contributed by atoms with van der Waals surface area (Å²) >= 11 is 3.87. The Morgan fingerprint density at radius 3 is 1.97 bits per heavy atom. The smallest absolute Gasteiger partial charge is 0.327 e. The van der Waals surface area contributed by atoms with Gasteiger partial charge in [0, 0.05) is 5.75 Å². The predicted octanol–water partition coefficient (Wildman–Crippen LogP) is -1.66. The molecular formula is C19H37N5O6S. The summed E-state index contributed by atoms with van der Waals surface area (Å²) in [6, 6.07) is -4.50. The molecule has 5 unspecified atom stereocenters. The molecule has 0 rings (SSSR count). The fourth-order valence-corrected chi connectivity index (χ4v) is 2.97. The van der Waals surface area contributed by atoms with Crippen LogP contribution in [0.3, 0.4) is 0 Å². The number of nitrogens with one attached hydrogen (secondary N) is 3. The molecule has 12 heteroatoms. The number of carbonyl (C=O) groups excluding carboxylic acids is 3. The summed E-state index contributed by atoms with van der Waals surface area (Å²) in [5.41, 5.74) is 11.3. The van der Waals surface area contributed by atoms with E-state index in [9.17, 15) is 24.3 Å². The number of carbonyl (C=O) groups is 4. The standard InChI is InChI=1S/C19H37N5O6S/c1-10(2)8-13(22-16(26)12(21)6-4-5-7-20)17(27)24-15(11(3)25)18(28)23-14(9-31)19(29)30/h10-15,25,31H,4-9,20-21H2,1-3H3,(H,22,26)(H,23,28)(H,24,27)(H,29,30). The van der Waals surface area contributed by atoms with E-state index in [2.05, 4.69) is 28.6 Å². The Balaban J connectivity index is 5.25. The molecule has 0 fully saturated rings. The maximum absolute atomic E-state index is 12.8. The summed E-state index contributed by atoms with van der Waals surface area (Å²) in [4.78, 5) is 48.7. The average molecular weight is 464 g/mol. The summed E-state index contributed by atoms with van der Waals surface area (Å²) < 4.78 is 0. The van der Waals surface area contributed by atoms with Gasteiger partial charge >= 0.3 is 5.97 Å². The Morgan fingerprint density at radius 2 is 1.52 bits per heavy atom. The van der Waals surface area contributed by atoms with Crippen LogP contribution >= 0.6 is 12.6 Å². The maximum Gasteiger partial charge on any atom is 0.327 e. The molecule has 0 saturated heterocycles. The van der Waals surface area contributed by atoms with E-state index in [0.717, 1.165) is 6.42 Å². The third-order valence-corrected chi connectivity index (χ3v) is 4.87. The zero-order valence-corrected chi connectivity index (χ0v) is 19.2. The van der Waals surface area contributed by atoms with Crippen molar-refractivity contribution >= 4 is 36.3 Å². The summed E-state index contributed by atoms with van der Waals surface area (Å²) in [6.45, 7) is 5.49. The van der Waals surface area contributed by atoms with Crippen molar-refractivity contribution in [3.8, 4) is 0 Å². The van der Waals surface area contributed by atoms with Crippen LogP contribution in [0.15, 0.2) is 0 Å². The van der Waals surface area contributed by atoms with Crippen molar-refractivity contribution in [2.75, 3.05) is 12.3 Å². The van der Waals surface area contributed by atoms with Gasteiger partial charge in [-0.1, -0.05) is 20.3 Å². The van der Waals surface area contributed by atoms with Crippen LogP contribution in [0.2, 0.25) is 0 Å². The van der Waals surface area contributed by atoms with Crippen LogP contribution in [0.4, 0.5) is 0 Å². The maximum atomic E-state index is 12.8. The van der Waals surface area contributed by atoms with Crippen LogP contribution in [0.1, 0.15) is 46.5 Å². The van der Waals surface area contributed by atoms with E-state index in [1.54, 1.807) is 0 Å². The van der Waals surface area contributed by atoms with Crippen LogP contribution in [-0.4, -0.2) is 76.5 Å². The topological polar surface area (TPSA) is 197 Å². The molecule has 0 aliphatic heterocycles. The highest BCUT2D eigenvalue weighted by Gasteiger charge is 2.32. The second-order valence-electron chi connectivity index (χ2n) is 7.89. The Bertz CT molecular complexity index is 604. The van der Waals surface area contributed by atoms with Crippen LogP contribution in [-0.2, 0) is 19.2 Å². The van der Waals surface area contributed by atoms with Crippen LogP contribution in [0.25, 0.3) is 0 Å². The molecular weight excluding hydrogens is 426 g/mol. The average Bonchev–Trinajstić information content (AvgIpc) is 2.68. The van der Waals surface area contributed by atoms with Crippen molar-refractivity contribution in [3.63, 3.8) is 0 Å². The number of nitrogens with two attached hydrogens (primary N) is 2. The molecule has 11 nitrogen and oxygen atoms in total. The normalized spacial score (nSPS) is 16.0. The highest BCUT2D eigenvalue weighted by molar-refractivity contribution is 7.80. The summed E-state index contributed by atoms with van der Waals surface area (Å²) in [7, 11) is 0. The number of carboxylic acid groups (broad SMARTS) is 1. The monoisotopic (exact) mass is 463 g/mol.